The highest BCUT2D eigenvalue weighted by Gasteiger charge is 2.40. The summed E-state index contributed by atoms with van der Waals surface area (Å²) in [7, 11) is 0. The van der Waals surface area contributed by atoms with Crippen LogP contribution in [0, 0.1) is 13.8 Å². The molecule has 0 aliphatic carbocycles. The molecule has 1 aromatic rings. The molecule has 4 nitrogen and oxygen atoms in total. The number of nitrogens with zero attached hydrogens (tertiary/aromatic N) is 1. The van der Waals surface area contributed by atoms with Crippen molar-refractivity contribution in [3.05, 3.63) is 29.3 Å². The molecule has 2 rings (SSSR count). The van der Waals surface area contributed by atoms with Crippen LogP contribution in [0.15, 0.2) is 18.2 Å². The van der Waals surface area contributed by atoms with Gasteiger partial charge in [-0.2, -0.15) is 13.2 Å². The number of aryl methyl sites for hydroxylation is 1. The molecule has 1 aromatic carbocycles. The first-order valence-corrected chi connectivity index (χ1v) is 8.15. The number of anilines is 1. The number of benzene rings is 1. The number of nitrogens with one attached hydrogen (secondary N) is 1. The van der Waals surface area contributed by atoms with E-state index >= 15 is 0 Å². The predicted octanol–water partition coefficient (Wildman–Crippen LogP) is 3.10. The van der Waals surface area contributed by atoms with Crippen LogP contribution in [0.2, 0.25) is 0 Å². The third kappa shape index (κ3) is 4.40. The largest absolute Gasteiger partial charge is 0.397 e. The normalized spacial score (nSPS) is 18.1. The second-order valence-corrected chi connectivity index (χ2v) is 6.41. The zero-order valence-corrected chi connectivity index (χ0v) is 13.6. The van der Waals surface area contributed by atoms with Crippen LogP contribution in [-0.2, 0) is 9.59 Å². The van der Waals surface area contributed by atoms with Crippen molar-refractivity contribution in [3.63, 3.8) is 0 Å². The molecule has 1 fully saturated rings. The highest BCUT2D eigenvalue weighted by molar-refractivity contribution is 7.99. The Labute approximate surface area is 136 Å². The molecular weight excluding hydrogens is 329 g/mol. The Balaban J connectivity index is 2.09. The van der Waals surface area contributed by atoms with E-state index in [0.29, 0.717) is 11.4 Å². The monoisotopic (exact) mass is 346 g/mol. The van der Waals surface area contributed by atoms with Gasteiger partial charge in [-0.1, -0.05) is 12.1 Å². The number of thioether (sulfide) groups is 1. The van der Waals surface area contributed by atoms with Gasteiger partial charge in [0.05, 0.1) is 5.88 Å². The molecule has 1 N–H and O–H groups in total. The molecule has 1 atom stereocenters. The highest BCUT2D eigenvalue weighted by atomic mass is 32.2. The van der Waals surface area contributed by atoms with E-state index in [2.05, 4.69) is 5.32 Å². The van der Waals surface area contributed by atoms with Crippen molar-refractivity contribution in [2.45, 2.75) is 32.5 Å². The van der Waals surface area contributed by atoms with E-state index in [-0.39, 0.29) is 5.88 Å². The van der Waals surface area contributed by atoms with E-state index in [1.807, 2.05) is 19.9 Å². The summed E-state index contributed by atoms with van der Waals surface area (Å²) in [6.45, 7) is 3.75. The fourth-order valence-electron chi connectivity index (χ4n) is 2.28. The number of hydrogen-bond donors (Lipinski definition) is 1. The zero-order chi connectivity index (χ0) is 17.2. The molecule has 0 bridgehead atoms. The smallest absolute Gasteiger partial charge is 0.324 e. The van der Waals surface area contributed by atoms with E-state index in [4.69, 9.17) is 0 Å². The average Bonchev–Trinajstić information content (AvgIpc) is 2.91. The summed E-state index contributed by atoms with van der Waals surface area (Å²) in [4.78, 5) is 25.1. The maximum atomic E-state index is 12.4. The van der Waals surface area contributed by atoms with E-state index in [0.717, 1.165) is 16.0 Å². The fourth-order valence-corrected chi connectivity index (χ4v) is 3.46. The minimum atomic E-state index is -4.57. The molecule has 1 saturated heterocycles. The summed E-state index contributed by atoms with van der Waals surface area (Å²) < 4.78 is 37.1. The van der Waals surface area contributed by atoms with Crippen LogP contribution in [0.1, 0.15) is 17.5 Å². The topological polar surface area (TPSA) is 49.4 Å². The number of hydrogen-bond acceptors (Lipinski definition) is 3. The second-order valence-electron chi connectivity index (χ2n) is 5.41. The van der Waals surface area contributed by atoms with Crippen LogP contribution >= 0.6 is 11.8 Å². The van der Waals surface area contributed by atoms with Crippen molar-refractivity contribution in [3.8, 4) is 0 Å². The Kier molecular flexibility index (Phi) is 5.23. The third-order valence-corrected chi connectivity index (χ3v) is 4.73. The second kappa shape index (κ2) is 6.82. The number of amides is 2. The Bertz CT molecular complexity index is 619. The quantitative estimate of drug-likeness (QED) is 0.915. The summed E-state index contributed by atoms with van der Waals surface area (Å²) in [5.41, 5.74) is 2.49. The van der Waals surface area contributed by atoms with Gasteiger partial charge >= 0.3 is 6.18 Å². The number of carbonyl (C=O) groups is 2. The van der Waals surface area contributed by atoms with E-state index in [9.17, 15) is 22.8 Å². The van der Waals surface area contributed by atoms with Gasteiger partial charge in [-0.3, -0.25) is 9.59 Å². The van der Waals surface area contributed by atoms with Gasteiger partial charge in [0.25, 0.3) is 0 Å². The van der Waals surface area contributed by atoms with Crippen molar-refractivity contribution in [2.75, 3.05) is 16.9 Å². The molecule has 0 spiro atoms. The van der Waals surface area contributed by atoms with Gasteiger partial charge in [0.1, 0.15) is 12.5 Å². The highest BCUT2D eigenvalue weighted by Crippen LogP contribution is 2.28. The van der Waals surface area contributed by atoms with Crippen LogP contribution in [0.4, 0.5) is 18.9 Å². The molecule has 1 heterocycles. The summed E-state index contributed by atoms with van der Waals surface area (Å²) in [5.74, 6) is -1.14. The number of alkyl halides is 3. The molecule has 0 aromatic heterocycles. The van der Waals surface area contributed by atoms with Gasteiger partial charge in [0.15, 0.2) is 0 Å². The Morgan fingerprint density at radius 1 is 1.35 bits per heavy atom. The van der Waals surface area contributed by atoms with E-state index < -0.39 is 30.5 Å². The van der Waals surface area contributed by atoms with E-state index in [1.165, 1.54) is 11.8 Å². The first kappa shape index (κ1) is 17.7. The zero-order valence-electron chi connectivity index (χ0n) is 12.7. The molecular formula is C15H17F3N2O2S. The summed E-state index contributed by atoms with van der Waals surface area (Å²) in [6, 6.07) is 4.53. The molecule has 8 heteroatoms. The van der Waals surface area contributed by atoms with Crippen LogP contribution < -0.4 is 5.32 Å². The van der Waals surface area contributed by atoms with Gasteiger partial charge in [-0.25, -0.2) is 0 Å². The molecule has 1 aliphatic heterocycles. The van der Waals surface area contributed by atoms with E-state index in [1.54, 1.807) is 12.1 Å². The molecule has 2 amide bonds. The first-order chi connectivity index (χ1) is 10.7. The number of halogens is 3. The van der Waals surface area contributed by atoms with Crippen molar-refractivity contribution in [1.82, 2.24) is 4.90 Å². The first-order valence-electron chi connectivity index (χ1n) is 7.00. The predicted molar refractivity (Wildman–Crippen MR) is 83.2 cm³/mol. The molecule has 23 heavy (non-hydrogen) atoms. The summed E-state index contributed by atoms with van der Waals surface area (Å²) >= 11 is 1.27. The SMILES string of the molecule is Cc1cccc(NC(=O)[C@H]2CSCN2C(=O)CC(F)(F)F)c1C. The number of carbonyl (C=O) groups excluding carboxylic acids is 2. The third-order valence-electron chi connectivity index (χ3n) is 3.72. The Morgan fingerprint density at radius 2 is 2.04 bits per heavy atom. The van der Waals surface area contributed by atoms with Gasteiger partial charge in [-0.05, 0) is 31.0 Å². The lowest BCUT2D eigenvalue weighted by atomic mass is 10.1. The maximum absolute atomic E-state index is 12.4. The van der Waals surface area contributed by atoms with Crippen molar-refractivity contribution in [2.24, 2.45) is 0 Å². The van der Waals surface area contributed by atoms with Crippen LogP contribution in [-0.4, -0.2) is 40.6 Å². The van der Waals surface area contributed by atoms with Gasteiger partial charge in [-0.15, -0.1) is 11.8 Å². The molecule has 0 unspecified atom stereocenters. The fraction of sp³-hybridized carbons (Fsp3) is 0.467. The van der Waals surface area contributed by atoms with Crippen molar-refractivity contribution in [1.29, 1.82) is 0 Å². The van der Waals surface area contributed by atoms with Crippen molar-refractivity contribution < 1.29 is 22.8 Å². The standard InChI is InChI=1S/C15H17F3N2O2S/c1-9-4-3-5-11(10(9)2)19-14(22)12-7-23-8-20(12)13(21)6-15(16,17)18/h3-5,12H,6-8H2,1-2H3,(H,19,22)/t12-/m1/s1. The lowest BCUT2D eigenvalue weighted by Crippen LogP contribution is -2.45. The van der Waals surface area contributed by atoms with Gasteiger partial charge < -0.3 is 10.2 Å². The van der Waals surface area contributed by atoms with Crippen LogP contribution in [0.5, 0.6) is 0 Å². The molecule has 0 radical (unpaired) electrons. The Hall–Kier alpha value is -1.70. The summed E-state index contributed by atoms with van der Waals surface area (Å²) in [5, 5.41) is 2.71. The lowest BCUT2D eigenvalue weighted by Gasteiger charge is -2.24. The molecule has 126 valence electrons. The summed E-state index contributed by atoms with van der Waals surface area (Å²) in [6.07, 6.45) is -6.11. The number of rotatable bonds is 3. The van der Waals surface area contributed by atoms with Crippen molar-refractivity contribution >= 4 is 29.3 Å². The van der Waals surface area contributed by atoms with Crippen LogP contribution in [0.25, 0.3) is 0 Å². The lowest BCUT2D eigenvalue weighted by molar-refractivity contribution is -0.162. The molecule has 0 saturated carbocycles. The van der Waals surface area contributed by atoms with Crippen LogP contribution in [0.3, 0.4) is 0 Å². The minimum absolute atomic E-state index is 0.0970. The van der Waals surface area contributed by atoms with Gasteiger partial charge in [0, 0.05) is 11.4 Å². The van der Waals surface area contributed by atoms with Gasteiger partial charge in [0.2, 0.25) is 11.8 Å². The Morgan fingerprint density at radius 3 is 2.70 bits per heavy atom. The minimum Gasteiger partial charge on any atom is -0.324 e. The molecule has 1 aliphatic rings. The average molecular weight is 346 g/mol. The maximum Gasteiger partial charge on any atom is 0.397 e.